The van der Waals surface area contributed by atoms with Crippen LogP contribution in [0.4, 0.5) is 5.82 Å². The van der Waals surface area contributed by atoms with Gasteiger partial charge in [0.2, 0.25) is 0 Å². The van der Waals surface area contributed by atoms with Crippen molar-refractivity contribution >= 4 is 11.7 Å². The van der Waals surface area contributed by atoms with E-state index < -0.39 is 0 Å². The van der Waals surface area contributed by atoms with Crippen LogP contribution in [0, 0.1) is 19.8 Å². The molecule has 4 heteroatoms. The van der Waals surface area contributed by atoms with Gasteiger partial charge < -0.3 is 10.1 Å². The summed E-state index contributed by atoms with van der Waals surface area (Å²) < 4.78 is 5.31. The summed E-state index contributed by atoms with van der Waals surface area (Å²) in [4.78, 5) is 15.8. The first-order valence-electron chi connectivity index (χ1n) is 5.96. The molecule has 1 heterocycles. The molecule has 1 aromatic heterocycles. The lowest BCUT2D eigenvalue weighted by atomic mass is 10.2. The molecule has 0 aromatic carbocycles. The van der Waals surface area contributed by atoms with E-state index in [0.717, 1.165) is 11.3 Å². The molecule has 0 unspecified atom stereocenters. The predicted octanol–water partition coefficient (Wildman–Crippen LogP) is 2.06. The second kappa shape index (κ2) is 5.27. The molecule has 1 aromatic rings. The Balaban J connectivity index is 1.79. The van der Waals surface area contributed by atoms with Crippen LogP contribution >= 0.6 is 0 Å². The number of aryl methyl sites for hydroxylation is 2. The van der Waals surface area contributed by atoms with Gasteiger partial charge in [0, 0.05) is 5.69 Å². The second-order valence-electron chi connectivity index (χ2n) is 4.68. The number of nitrogens with zero attached hydrogens (tertiary/aromatic N) is 1. The fraction of sp³-hybridized carbons (Fsp3) is 0.538. The van der Waals surface area contributed by atoms with E-state index in [2.05, 4.69) is 10.3 Å². The van der Waals surface area contributed by atoms with Crippen molar-refractivity contribution in [2.45, 2.75) is 26.7 Å². The van der Waals surface area contributed by atoms with Gasteiger partial charge in [0.25, 0.3) is 5.91 Å². The van der Waals surface area contributed by atoms with Gasteiger partial charge in [-0.25, -0.2) is 4.98 Å². The molecule has 4 nitrogen and oxygen atoms in total. The number of hydrogen-bond donors (Lipinski definition) is 1. The third-order valence-corrected chi connectivity index (χ3v) is 2.65. The van der Waals surface area contributed by atoms with E-state index >= 15 is 0 Å². The lowest BCUT2D eigenvalue weighted by Gasteiger charge is -2.07. The van der Waals surface area contributed by atoms with Crippen LogP contribution < -0.4 is 5.32 Å². The zero-order valence-electron chi connectivity index (χ0n) is 10.3. The van der Waals surface area contributed by atoms with E-state index in [1.54, 1.807) is 0 Å². The van der Waals surface area contributed by atoms with Crippen molar-refractivity contribution in [3.63, 3.8) is 0 Å². The molecule has 1 saturated carbocycles. The second-order valence-corrected chi connectivity index (χ2v) is 4.68. The average molecular weight is 234 g/mol. The minimum Gasteiger partial charge on any atom is -0.371 e. The minimum atomic E-state index is -0.136. The normalized spacial score (nSPS) is 14.7. The number of pyridine rings is 1. The largest absolute Gasteiger partial charge is 0.371 e. The summed E-state index contributed by atoms with van der Waals surface area (Å²) in [5, 5.41) is 2.74. The van der Waals surface area contributed by atoms with Crippen molar-refractivity contribution in [2.24, 2.45) is 5.92 Å². The first-order chi connectivity index (χ1) is 8.13. The van der Waals surface area contributed by atoms with Crippen molar-refractivity contribution < 1.29 is 9.53 Å². The zero-order chi connectivity index (χ0) is 12.3. The van der Waals surface area contributed by atoms with Gasteiger partial charge in [-0.1, -0.05) is 0 Å². The van der Waals surface area contributed by atoms with E-state index in [9.17, 15) is 4.79 Å². The van der Waals surface area contributed by atoms with E-state index in [1.807, 2.05) is 26.0 Å². The molecule has 0 aliphatic heterocycles. The Kier molecular flexibility index (Phi) is 3.74. The third kappa shape index (κ3) is 4.15. The number of hydrogen-bond acceptors (Lipinski definition) is 3. The van der Waals surface area contributed by atoms with Gasteiger partial charge in [-0.15, -0.1) is 0 Å². The fourth-order valence-corrected chi connectivity index (χ4v) is 1.69. The van der Waals surface area contributed by atoms with Crippen molar-refractivity contribution in [3.05, 3.63) is 23.4 Å². The van der Waals surface area contributed by atoms with Crippen LogP contribution in [-0.4, -0.2) is 24.1 Å². The van der Waals surface area contributed by atoms with Gasteiger partial charge in [-0.2, -0.15) is 0 Å². The quantitative estimate of drug-likeness (QED) is 0.848. The van der Waals surface area contributed by atoms with Crippen molar-refractivity contribution in [1.29, 1.82) is 0 Å². The highest BCUT2D eigenvalue weighted by Crippen LogP contribution is 2.28. The SMILES string of the molecule is Cc1cc(C)nc(NC(=O)COCC2CC2)c1. The minimum absolute atomic E-state index is 0.116. The third-order valence-electron chi connectivity index (χ3n) is 2.65. The number of ether oxygens (including phenoxy) is 1. The number of rotatable bonds is 5. The molecule has 1 N–H and O–H groups in total. The molecule has 1 aliphatic carbocycles. The molecule has 1 amide bonds. The number of aromatic nitrogens is 1. The zero-order valence-corrected chi connectivity index (χ0v) is 10.3. The molecule has 2 rings (SSSR count). The molecular weight excluding hydrogens is 216 g/mol. The summed E-state index contributed by atoms with van der Waals surface area (Å²) in [5.74, 6) is 1.15. The molecule has 0 saturated heterocycles. The number of nitrogens with one attached hydrogen (secondary N) is 1. The fourth-order valence-electron chi connectivity index (χ4n) is 1.69. The maximum absolute atomic E-state index is 11.6. The standard InChI is InChI=1S/C13H18N2O2/c1-9-5-10(2)14-12(6-9)15-13(16)8-17-7-11-3-4-11/h5-6,11H,3-4,7-8H2,1-2H3,(H,14,15,16). The van der Waals surface area contributed by atoms with E-state index in [1.165, 1.54) is 12.8 Å². The molecule has 1 fully saturated rings. The Labute approximate surface area is 101 Å². The smallest absolute Gasteiger partial charge is 0.251 e. The average Bonchev–Trinajstić information content (AvgIpc) is 2.99. The van der Waals surface area contributed by atoms with Crippen LogP contribution in [0.25, 0.3) is 0 Å². The molecular formula is C13H18N2O2. The summed E-state index contributed by atoms with van der Waals surface area (Å²) in [5.41, 5.74) is 1.99. The first-order valence-corrected chi connectivity index (χ1v) is 5.96. The summed E-state index contributed by atoms with van der Waals surface area (Å²) in [6, 6.07) is 3.82. The van der Waals surface area contributed by atoms with Crippen molar-refractivity contribution in [3.8, 4) is 0 Å². The van der Waals surface area contributed by atoms with Crippen LogP contribution in [0.15, 0.2) is 12.1 Å². The molecule has 0 radical (unpaired) electrons. The van der Waals surface area contributed by atoms with Crippen molar-refractivity contribution in [2.75, 3.05) is 18.5 Å². The number of carbonyl (C=O) groups is 1. The number of anilines is 1. The van der Waals surface area contributed by atoms with Crippen LogP contribution in [-0.2, 0) is 9.53 Å². The van der Waals surface area contributed by atoms with E-state index in [0.29, 0.717) is 18.3 Å². The lowest BCUT2D eigenvalue weighted by Crippen LogP contribution is -2.19. The summed E-state index contributed by atoms with van der Waals surface area (Å²) in [6.45, 7) is 4.71. The highest BCUT2D eigenvalue weighted by atomic mass is 16.5. The van der Waals surface area contributed by atoms with Crippen LogP contribution in [0.2, 0.25) is 0 Å². The topological polar surface area (TPSA) is 51.2 Å². The summed E-state index contributed by atoms with van der Waals surface area (Å²) in [6.07, 6.45) is 2.47. The van der Waals surface area contributed by atoms with Gasteiger partial charge in [-0.3, -0.25) is 4.79 Å². The Morgan fingerprint density at radius 1 is 1.47 bits per heavy atom. The van der Waals surface area contributed by atoms with E-state index in [4.69, 9.17) is 4.74 Å². The molecule has 1 aliphatic rings. The van der Waals surface area contributed by atoms with Gasteiger partial charge in [0.15, 0.2) is 0 Å². The van der Waals surface area contributed by atoms with E-state index in [-0.39, 0.29) is 12.5 Å². The summed E-state index contributed by atoms with van der Waals surface area (Å²) in [7, 11) is 0. The van der Waals surface area contributed by atoms with Gasteiger partial charge in [-0.05, 0) is 50.3 Å². The monoisotopic (exact) mass is 234 g/mol. The van der Waals surface area contributed by atoms with Crippen molar-refractivity contribution in [1.82, 2.24) is 4.98 Å². The predicted molar refractivity (Wildman–Crippen MR) is 65.9 cm³/mol. The highest BCUT2D eigenvalue weighted by molar-refractivity contribution is 5.90. The van der Waals surface area contributed by atoms with Crippen LogP contribution in [0.3, 0.4) is 0 Å². The first kappa shape index (κ1) is 12.0. The van der Waals surface area contributed by atoms with Crippen LogP contribution in [0.5, 0.6) is 0 Å². The molecule has 0 bridgehead atoms. The Morgan fingerprint density at radius 3 is 2.88 bits per heavy atom. The van der Waals surface area contributed by atoms with Crippen LogP contribution in [0.1, 0.15) is 24.1 Å². The lowest BCUT2D eigenvalue weighted by molar-refractivity contribution is -0.120. The Hall–Kier alpha value is -1.42. The molecule has 0 atom stereocenters. The molecule has 0 spiro atoms. The Bertz CT molecular complexity index is 394. The molecule has 17 heavy (non-hydrogen) atoms. The highest BCUT2D eigenvalue weighted by Gasteiger charge is 2.21. The van der Waals surface area contributed by atoms with Gasteiger partial charge >= 0.3 is 0 Å². The number of carbonyl (C=O) groups excluding carboxylic acids is 1. The van der Waals surface area contributed by atoms with Gasteiger partial charge in [0.1, 0.15) is 12.4 Å². The molecule has 92 valence electrons. The maximum atomic E-state index is 11.6. The van der Waals surface area contributed by atoms with Gasteiger partial charge in [0.05, 0.1) is 6.61 Å². The maximum Gasteiger partial charge on any atom is 0.251 e. The summed E-state index contributed by atoms with van der Waals surface area (Å²) >= 11 is 0. The Morgan fingerprint density at radius 2 is 2.24 bits per heavy atom. The number of amides is 1.